The molecule has 1 unspecified atom stereocenters. The number of hydrogen-bond donors (Lipinski definition) is 0. The zero-order valence-corrected chi connectivity index (χ0v) is 15.1. The molecule has 2 aromatic carbocycles. The van der Waals surface area contributed by atoms with Gasteiger partial charge in [-0.1, -0.05) is 48.2 Å². The van der Waals surface area contributed by atoms with Crippen LogP contribution < -0.4 is 0 Å². The fourth-order valence-corrected chi connectivity index (χ4v) is 3.19. The van der Waals surface area contributed by atoms with Crippen LogP contribution in [0.2, 0.25) is 0 Å². The molecular weight excluding hydrogens is 348 g/mol. The fraction of sp³-hybridized carbons (Fsp3) is 0.158. The maximum atomic E-state index is 5.79. The van der Waals surface area contributed by atoms with Gasteiger partial charge < -0.3 is 8.83 Å². The lowest BCUT2D eigenvalue weighted by Crippen LogP contribution is -1.88. The molecule has 26 heavy (non-hydrogen) atoms. The van der Waals surface area contributed by atoms with Crippen molar-refractivity contribution in [3.05, 3.63) is 66.1 Å². The second kappa shape index (κ2) is 7.13. The molecule has 0 N–H and O–H groups in total. The molecule has 4 aromatic rings. The van der Waals surface area contributed by atoms with Gasteiger partial charge in [0.25, 0.3) is 5.22 Å². The zero-order valence-electron chi connectivity index (χ0n) is 14.3. The van der Waals surface area contributed by atoms with Crippen molar-refractivity contribution < 1.29 is 8.83 Å². The molecule has 2 heterocycles. The van der Waals surface area contributed by atoms with Gasteiger partial charge in [-0.2, -0.15) is 0 Å². The molecule has 0 saturated heterocycles. The van der Waals surface area contributed by atoms with E-state index < -0.39 is 0 Å². The minimum atomic E-state index is -0.106. The molecule has 7 heteroatoms. The van der Waals surface area contributed by atoms with Crippen molar-refractivity contribution in [3.63, 3.8) is 0 Å². The lowest BCUT2D eigenvalue weighted by atomic mass is 10.1. The van der Waals surface area contributed by atoms with Gasteiger partial charge in [-0.25, -0.2) is 0 Å². The van der Waals surface area contributed by atoms with Gasteiger partial charge >= 0.3 is 0 Å². The Morgan fingerprint density at radius 1 is 0.808 bits per heavy atom. The van der Waals surface area contributed by atoms with Gasteiger partial charge in [-0.05, 0) is 37.6 Å². The number of aryl methyl sites for hydroxylation is 1. The molecule has 0 spiro atoms. The van der Waals surface area contributed by atoms with E-state index in [0.29, 0.717) is 22.9 Å². The largest absolute Gasteiger partial charge is 0.419 e. The van der Waals surface area contributed by atoms with E-state index in [4.69, 9.17) is 8.83 Å². The van der Waals surface area contributed by atoms with Crippen LogP contribution in [0.5, 0.6) is 0 Å². The number of rotatable bonds is 5. The molecule has 130 valence electrons. The Kier molecular flexibility index (Phi) is 4.53. The van der Waals surface area contributed by atoms with Gasteiger partial charge in [0.2, 0.25) is 17.7 Å². The molecule has 6 nitrogen and oxygen atoms in total. The molecule has 0 aliphatic rings. The number of hydrogen-bond acceptors (Lipinski definition) is 7. The lowest BCUT2D eigenvalue weighted by molar-refractivity contribution is 0.461. The first-order chi connectivity index (χ1) is 12.7. The average molecular weight is 364 g/mol. The molecule has 0 saturated carbocycles. The molecule has 0 radical (unpaired) electrons. The second-order valence-electron chi connectivity index (χ2n) is 5.76. The quantitative estimate of drug-likeness (QED) is 0.464. The van der Waals surface area contributed by atoms with Gasteiger partial charge in [-0.15, -0.1) is 20.4 Å². The van der Waals surface area contributed by atoms with E-state index in [-0.39, 0.29) is 5.25 Å². The Morgan fingerprint density at radius 3 is 2.35 bits per heavy atom. The van der Waals surface area contributed by atoms with Gasteiger partial charge in [0.1, 0.15) is 0 Å². The van der Waals surface area contributed by atoms with Crippen LogP contribution in [0.4, 0.5) is 0 Å². The predicted molar refractivity (Wildman–Crippen MR) is 98.5 cm³/mol. The van der Waals surface area contributed by atoms with Crippen LogP contribution in [0.1, 0.15) is 23.6 Å². The normalized spacial score (nSPS) is 12.2. The van der Waals surface area contributed by atoms with Crippen LogP contribution >= 0.6 is 11.8 Å². The predicted octanol–water partition coefficient (Wildman–Crippen LogP) is 4.95. The van der Waals surface area contributed by atoms with Gasteiger partial charge in [-0.3, -0.25) is 0 Å². The summed E-state index contributed by atoms with van der Waals surface area (Å²) in [4.78, 5) is 0. The van der Waals surface area contributed by atoms with E-state index in [2.05, 4.69) is 20.4 Å². The molecule has 0 aliphatic carbocycles. The molecule has 0 aliphatic heterocycles. The van der Waals surface area contributed by atoms with Crippen molar-refractivity contribution in [2.75, 3.05) is 0 Å². The minimum absolute atomic E-state index is 0.106. The molecule has 0 fully saturated rings. The first-order valence-electron chi connectivity index (χ1n) is 8.15. The van der Waals surface area contributed by atoms with Crippen molar-refractivity contribution in [1.82, 2.24) is 20.4 Å². The SMILES string of the molecule is Cc1ccccc1-c1nnc(SC(C)c2nnc(-c3ccccc3)o2)o1. The first kappa shape index (κ1) is 16.5. The van der Waals surface area contributed by atoms with Crippen molar-refractivity contribution in [2.24, 2.45) is 0 Å². The monoisotopic (exact) mass is 364 g/mol. The zero-order chi connectivity index (χ0) is 17.9. The van der Waals surface area contributed by atoms with Crippen LogP contribution in [-0.2, 0) is 0 Å². The van der Waals surface area contributed by atoms with Crippen LogP contribution in [0.3, 0.4) is 0 Å². The topological polar surface area (TPSA) is 77.8 Å². The highest BCUT2D eigenvalue weighted by atomic mass is 32.2. The van der Waals surface area contributed by atoms with E-state index >= 15 is 0 Å². The summed E-state index contributed by atoms with van der Waals surface area (Å²) in [7, 11) is 0. The Labute approximate surface area is 154 Å². The maximum absolute atomic E-state index is 5.79. The molecule has 4 rings (SSSR count). The highest BCUT2D eigenvalue weighted by Gasteiger charge is 2.20. The van der Waals surface area contributed by atoms with Crippen LogP contribution in [0, 0.1) is 6.92 Å². The third-order valence-electron chi connectivity index (χ3n) is 3.87. The van der Waals surface area contributed by atoms with E-state index in [0.717, 1.165) is 16.7 Å². The summed E-state index contributed by atoms with van der Waals surface area (Å²) in [5.74, 6) is 1.52. The maximum Gasteiger partial charge on any atom is 0.277 e. The van der Waals surface area contributed by atoms with Crippen molar-refractivity contribution >= 4 is 11.8 Å². The summed E-state index contributed by atoms with van der Waals surface area (Å²) in [6, 6.07) is 17.6. The number of benzene rings is 2. The Bertz CT molecular complexity index is 1010. The molecular formula is C19H16N4O2S. The van der Waals surface area contributed by atoms with Crippen LogP contribution in [0.25, 0.3) is 22.9 Å². The van der Waals surface area contributed by atoms with Crippen molar-refractivity contribution in [2.45, 2.75) is 24.3 Å². The van der Waals surface area contributed by atoms with Crippen molar-refractivity contribution in [3.8, 4) is 22.9 Å². The molecule has 0 amide bonds. The highest BCUT2D eigenvalue weighted by Crippen LogP contribution is 2.35. The Balaban J connectivity index is 1.50. The highest BCUT2D eigenvalue weighted by molar-refractivity contribution is 7.99. The third kappa shape index (κ3) is 3.39. The Hall–Kier alpha value is -2.93. The van der Waals surface area contributed by atoms with Crippen LogP contribution in [0.15, 0.2) is 68.7 Å². The molecule has 1 atom stereocenters. The van der Waals surface area contributed by atoms with Crippen molar-refractivity contribution in [1.29, 1.82) is 0 Å². The Morgan fingerprint density at radius 2 is 1.54 bits per heavy atom. The number of nitrogens with zero attached hydrogens (tertiary/aromatic N) is 4. The standard InChI is InChI=1S/C19H16N4O2S/c1-12-8-6-7-11-15(12)18-22-23-19(25-18)26-13(2)16-20-21-17(24-16)14-9-4-3-5-10-14/h3-11,13H,1-2H3. The van der Waals surface area contributed by atoms with E-state index in [9.17, 15) is 0 Å². The van der Waals surface area contributed by atoms with Gasteiger partial charge in [0.05, 0.1) is 5.25 Å². The van der Waals surface area contributed by atoms with Crippen LogP contribution in [-0.4, -0.2) is 20.4 Å². The summed E-state index contributed by atoms with van der Waals surface area (Å²) in [6.45, 7) is 3.98. The molecule has 0 bridgehead atoms. The van der Waals surface area contributed by atoms with E-state index in [1.165, 1.54) is 11.8 Å². The summed E-state index contributed by atoms with van der Waals surface area (Å²) in [5.41, 5.74) is 2.91. The van der Waals surface area contributed by atoms with E-state index in [1.807, 2.05) is 68.4 Å². The minimum Gasteiger partial charge on any atom is -0.419 e. The second-order valence-corrected chi connectivity index (χ2v) is 7.05. The number of thioether (sulfide) groups is 1. The summed E-state index contributed by atoms with van der Waals surface area (Å²) in [6.07, 6.45) is 0. The van der Waals surface area contributed by atoms with Gasteiger partial charge in [0, 0.05) is 11.1 Å². The van der Waals surface area contributed by atoms with E-state index in [1.54, 1.807) is 0 Å². The summed E-state index contributed by atoms with van der Waals surface area (Å²) < 4.78 is 11.6. The fourth-order valence-electron chi connectivity index (χ4n) is 2.48. The third-order valence-corrected chi connectivity index (χ3v) is 4.79. The summed E-state index contributed by atoms with van der Waals surface area (Å²) in [5, 5.41) is 16.9. The first-order valence-corrected chi connectivity index (χ1v) is 9.03. The smallest absolute Gasteiger partial charge is 0.277 e. The molecule has 2 aromatic heterocycles. The summed E-state index contributed by atoms with van der Waals surface area (Å²) >= 11 is 1.39. The number of aromatic nitrogens is 4. The van der Waals surface area contributed by atoms with Gasteiger partial charge in [0.15, 0.2) is 0 Å². The lowest BCUT2D eigenvalue weighted by Gasteiger charge is -2.02. The average Bonchev–Trinajstić information content (AvgIpc) is 3.33.